The van der Waals surface area contributed by atoms with Crippen LogP contribution in [0.5, 0.6) is 0 Å². The van der Waals surface area contributed by atoms with Gasteiger partial charge in [0.25, 0.3) is 5.91 Å². The van der Waals surface area contributed by atoms with E-state index in [4.69, 9.17) is 0 Å². The molecular formula is C12H18N4O2. The number of nitrogens with one attached hydrogen (secondary N) is 3. The van der Waals surface area contributed by atoms with E-state index in [1.807, 2.05) is 6.92 Å². The minimum absolute atomic E-state index is 0.0309. The van der Waals surface area contributed by atoms with Crippen molar-refractivity contribution < 1.29 is 9.59 Å². The molecule has 3 N–H and O–H groups in total. The molecule has 0 atom stereocenters. The van der Waals surface area contributed by atoms with Crippen LogP contribution in [0.25, 0.3) is 0 Å². The van der Waals surface area contributed by atoms with Gasteiger partial charge >= 0.3 is 0 Å². The van der Waals surface area contributed by atoms with E-state index in [0.717, 1.165) is 6.42 Å². The van der Waals surface area contributed by atoms with Crippen LogP contribution in [0.2, 0.25) is 0 Å². The fraction of sp³-hybridized carbons (Fsp3) is 0.417. The molecule has 98 valence electrons. The van der Waals surface area contributed by atoms with Crippen molar-refractivity contribution in [3.63, 3.8) is 0 Å². The third-order valence-electron chi connectivity index (χ3n) is 2.32. The smallest absolute Gasteiger partial charge is 0.255 e. The fourth-order valence-electron chi connectivity index (χ4n) is 1.38. The van der Waals surface area contributed by atoms with Crippen molar-refractivity contribution in [2.45, 2.75) is 13.3 Å². The summed E-state index contributed by atoms with van der Waals surface area (Å²) in [4.78, 5) is 27.1. The zero-order valence-corrected chi connectivity index (χ0v) is 10.6. The largest absolute Gasteiger partial charge is 0.387 e. The Bertz CT molecular complexity index is 420. The Labute approximate surface area is 106 Å². The van der Waals surface area contributed by atoms with Gasteiger partial charge in [0.2, 0.25) is 5.91 Å². The molecule has 0 unspecified atom stereocenters. The molecule has 1 aromatic rings. The number of carbonyl (C=O) groups is 2. The summed E-state index contributed by atoms with van der Waals surface area (Å²) in [7, 11) is 1.72. The third-order valence-corrected chi connectivity index (χ3v) is 2.32. The summed E-state index contributed by atoms with van der Waals surface area (Å²) in [5.41, 5.74) is 1.10. The summed E-state index contributed by atoms with van der Waals surface area (Å²) in [5, 5.41) is 8.13. The molecule has 18 heavy (non-hydrogen) atoms. The van der Waals surface area contributed by atoms with E-state index < -0.39 is 0 Å². The van der Waals surface area contributed by atoms with Crippen LogP contribution in [-0.2, 0) is 4.79 Å². The second kappa shape index (κ2) is 7.26. The molecule has 0 saturated heterocycles. The number of aromatic nitrogens is 1. The average Bonchev–Trinajstić information content (AvgIpc) is 2.42. The molecule has 0 aromatic carbocycles. The Morgan fingerprint density at radius 2 is 2.11 bits per heavy atom. The van der Waals surface area contributed by atoms with E-state index in [9.17, 15) is 9.59 Å². The quantitative estimate of drug-likeness (QED) is 0.681. The van der Waals surface area contributed by atoms with Crippen LogP contribution in [0.4, 0.5) is 5.69 Å². The van der Waals surface area contributed by atoms with Gasteiger partial charge in [-0.05, 0) is 12.5 Å². The van der Waals surface area contributed by atoms with Gasteiger partial charge in [-0.1, -0.05) is 6.92 Å². The predicted molar refractivity (Wildman–Crippen MR) is 69.4 cm³/mol. The monoisotopic (exact) mass is 250 g/mol. The van der Waals surface area contributed by atoms with Crippen molar-refractivity contribution in [2.24, 2.45) is 0 Å². The first kappa shape index (κ1) is 14.0. The molecule has 1 heterocycles. The molecular weight excluding hydrogens is 232 g/mol. The average molecular weight is 250 g/mol. The Kier molecular flexibility index (Phi) is 5.63. The molecule has 0 aliphatic carbocycles. The first-order chi connectivity index (χ1) is 8.69. The van der Waals surface area contributed by atoms with Gasteiger partial charge in [-0.25, -0.2) is 0 Å². The van der Waals surface area contributed by atoms with E-state index in [0.29, 0.717) is 17.8 Å². The maximum atomic E-state index is 11.8. The van der Waals surface area contributed by atoms with Crippen LogP contribution in [0.15, 0.2) is 18.5 Å². The van der Waals surface area contributed by atoms with E-state index in [1.54, 1.807) is 19.3 Å². The second-order valence-corrected chi connectivity index (χ2v) is 3.70. The molecule has 0 bridgehead atoms. The fourth-order valence-corrected chi connectivity index (χ4v) is 1.38. The van der Waals surface area contributed by atoms with Gasteiger partial charge in [-0.2, -0.15) is 0 Å². The highest BCUT2D eigenvalue weighted by Gasteiger charge is 2.11. The first-order valence-electron chi connectivity index (χ1n) is 5.85. The Morgan fingerprint density at radius 3 is 2.78 bits per heavy atom. The maximum Gasteiger partial charge on any atom is 0.255 e. The highest BCUT2D eigenvalue weighted by Crippen LogP contribution is 2.11. The van der Waals surface area contributed by atoms with Gasteiger partial charge in [-0.3, -0.25) is 14.6 Å². The van der Waals surface area contributed by atoms with Crippen molar-refractivity contribution in [1.29, 1.82) is 0 Å². The number of rotatable bonds is 6. The van der Waals surface area contributed by atoms with E-state index in [1.165, 1.54) is 6.20 Å². The lowest BCUT2D eigenvalue weighted by Crippen LogP contribution is -2.37. The van der Waals surface area contributed by atoms with Crippen LogP contribution in [0, 0.1) is 0 Å². The molecule has 0 radical (unpaired) electrons. The summed E-state index contributed by atoms with van der Waals surface area (Å²) in [6.45, 7) is 2.55. The van der Waals surface area contributed by atoms with Crippen molar-refractivity contribution in [2.75, 3.05) is 25.5 Å². The van der Waals surface area contributed by atoms with Crippen LogP contribution in [0.3, 0.4) is 0 Å². The summed E-state index contributed by atoms with van der Waals surface area (Å²) >= 11 is 0. The second-order valence-electron chi connectivity index (χ2n) is 3.70. The highest BCUT2D eigenvalue weighted by atomic mass is 16.2. The summed E-state index contributed by atoms with van der Waals surface area (Å²) in [5.74, 6) is -0.515. The lowest BCUT2D eigenvalue weighted by molar-refractivity contribution is -0.120. The van der Waals surface area contributed by atoms with E-state index in [2.05, 4.69) is 20.9 Å². The van der Waals surface area contributed by atoms with Gasteiger partial charge in [0.05, 0.1) is 12.1 Å². The van der Waals surface area contributed by atoms with Crippen molar-refractivity contribution in [3.05, 3.63) is 24.0 Å². The number of nitrogens with zero attached hydrogens (tertiary/aromatic N) is 1. The number of pyridine rings is 1. The summed E-state index contributed by atoms with van der Waals surface area (Å²) in [6, 6.07) is 1.70. The van der Waals surface area contributed by atoms with Crippen molar-refractivity contribution >= 4 is 17.5 Å². The molecule has 6 nitrogen and oxygen atoms in total. The first-order valence-corrected chi connectivity index (χ1v) is 5.85. The van der Waals surface area contributed by atoms with Gasteiger partial charge < -0.3 is 16.0 Å². The van der Waals surface area contributed by atoms with E-state index >= 15 is 0 Å². The molecule has 0 aliphatic rings. The zero-order chi connectivity index (χ0) is 13.4. The molecule has 0 saturated carbocycles. The third kappa shape index (κ3) is 4.04. The minimum Gasteiger partial charge on any atom is -0.387 e. The molecule has 0 fully saturated rings. The van der Waals surface area contributed by atoms with Gasteiger partial charge in [0.15, 0.2) is 0 Å². The van der Waals surface area contributed by atoms with Crippen LogP contribution in [-0.4, -0.2) is 36.9 Å². The normalized spacial score (nSPS) is 9.67. The van der Waals surface area contributed by atoms with Gasteiger partial charge in [0, 0.05) is 31.7 Å². The lowest BCUT2D eigenvalue weighted by Gasteiger charge is -2.09. The molecule has 2 amide bonds. The summed E-state index contributed by atoms with van der Waals surface area (Å²) < 4.78 is 0. The number of amides is 2. The molecule has 0 spiro atoms. The van der Waals surface area contributed by atoms with Crippen LogP contribution in [0.1, 0.15) is 23.7 Å². The molecule has 0 aliphatic heterocycles. The van der Waals surface area contributed by atoms with Crippen molar-refractivity contribution in [1.82, 2.24) is 15.6 Å². The molecule has 1 aromatic heterocycles. The molecule has 6 heteroatoms. The van der Waals surface area contributed by atoms with Gasteiger partial charge in [0.1, 0.15) is 0 Å². The lowest BCUT2D eigenvalue weighted by atomic mass is 10.2. The highest BCUT2D eigenvalue weighted by molar-refractivity contribution is 6.00. The Morgan fingerprint density at radius 1 is 1.33 bits per heavy atom. The number of hydrogen-bond acceptors (Lipinski definition) is 4. The maximum absolute atomic E-state index is 11.8. The summed E-state index contributed by atoms with van der Waals surface area (Å²) in [6.07, 6.45) is 3.92. The minimum atomic E-state index is -0.320. The topological polar surface area (TPSA) is 83.1 Å². The standard InChI is InChI=1S/C12H18N4O2/c1-3-5-15-11(17)8-16-12(18)9-7-14-6-4-10(9)13-2/h4,6-7H,3,5,8H2,1-2H3,(H,13,14)(H,15,17)(H,16,18). The van der Waals surface area contributed by atoms with Crippen molar-refractivity contribution in [3.8, 4) is 0 Å². The molecule has 1 rings (SSSR count). The SMILES string of the molecule is CCCNC(=O)CNC(=O)c1cnccc1NC. The Hall–Kier alpha value is -2.11. The Balaban J connectivity index is 2.52. The van der Waals surface area contributed by atoms with Crippen LogP contribution >= 0.6 is 0 Å². The number of carbonyl (C=O) groups excluding carboxylic acids is 2. The van der Waals surface area contributed by atoms with E-state index in [-0.39, 0.29) is 18.4 Å². The predicted octanol–water partition coefficient (Wildman–Crippen LogP) is 0.379. The number of hydrogen-bond donors (Lipinski definition) is 3. The van der Waals surface area contributed by atoms with Crippen LogP contribution < -0.4 is 16.0 Å². The zero-order valence-electron chi connectivity index (χ0n) is 10.6. The number of anilines is 1. The van der Waals surface area contributed by atoms with Gasteiger partial charge in [-0.15, -0.1) is 0 Å².